The number of nitrogens with one attached hydrogen (secondary N) is 1. The van der Waals surface area contributed by atoms with Crippen molar-refractivity contribution in [2.45, 2.75) is 6.42 Å². The highest BCUT2D eigenvalue weighted by molar-refractivity contribution is 5.85. The van der Waals surface area contributed by atoms with E-state index in [4.69, 9.17) is 9.84 Å². The number of methoxy groups -OCH3 is 1. The largest absolute Gasteiger partial charge is 0.494 e. The highest BCUT2D eigenvalue weighted by atomic mass is 19.1. The number of halogens is 1. The molecule has 2 N–H and O–H groups in total. The number of amides is 1. The van der Waals surface area contributed by atoms with Crippen molar-refractivity contribution in [3.63, 3.8) is 0 Å². The number of hydrogen-bond donors (Lipinski definition) is 2. The molecule has 0 radical (unpaired) electrons. The molecule has 92 valence electrons. The van der Waals surface area contributed by atoms with Gasteiger partial charge in [0, 0.05) is 6.42 Å². The van der Waals surface area contributed by atoms with Crippen molar-refractivity contribution in [1.29, 1.82) is 0 Å². The van der Waals surface area contributed by atoms with Gasteiger partial charge in [0.05, 0.1) is 13.7 Å². The average Bonchev–Trinajstić information content (AvgIpc) is 2.26. The van der Waals surface area contributed by atoms with Gasteiger partial charge in [0.2, 0.25) is 0 Å². The summed E-state index contributed by atoms with van der Waals surface area (Å²) in [4.78, 5) is 21.5. The number of ether oxygens (including phenoxy) is 1. The zero-order valence-corrected chi connectivity index (χ0v) is 9.20. The Labute approximate surface area is 97.2 Å². The van der Waals surface area contributed by atoms with Crippen molar-refractivity contribution in [3.05, 3.63) is 29.6 Å². The third kappa shape index (κ3) is 4.10. The Morgan fingerprint density at radius 2 is 2.18 bits per heavy atom. The lowest BCUT2D eigenvalue weighted by atomic mass is 10.1. The SMILES string of the molecule is COc1ccc(CC(=O)CNC(=O)O)cc1F. The van der Waals surface area contributed by atoms with Crippen LogP contribution < -0.4 is 10.1 Å². The van der Waals surface area contributed by atoms with Crippen LogP contribution in [0.4, 0.5) is 9.18 Å². The first-order valence-electron chi connectivity index (χ1n) is 4.84. The molecule has 0 heterocycles. The van der Waals surface area contributed by atoms with E-state index in [1.54, 1.807) is 6.07 Å². The predicted octanol–water partition coefficient (Wildman–Crippen LogP) is 1.21. The molecule has 0 saturated heterocycles. The number of benzene rings is 1. The summed E-state index contributed by atoms with van der Waals surface area (Å²) < 4.78 is 18.0. The Balaban J connectivity index is 2.60. The van der Waals surface area contributed by atoms with E-state index in [9.17, 15) is 14.0 Å². The van der Waals surface area contributed by atoms with Gasteiger partial charge in [0.1, 0.15) is 0 Å². The van der Waals surface area contributed by atoms with Gasteiger partial charge in [-0.25, -0.2) is 9.18 Å². The van der Waals surface area contributed by atoms with E-state index in [1.165, 1.54) is 19.2 Å². The molecular weight excluding hydrogens is 229 g/mol. The van der Waals surface area contributed by atoms with E-state index in [1.807, 2.05) is 5.32 Å². The lowest BCUT2D eigenvalue weighted by molar-refractivity contribution is -0.117. The summed E-state index contributed by atoms with van der Waals surface area (Å²) in [6.07, 6.45) is -1.29. The first-order valence-corrected chi connectivity index (χ1v) is 4.84. The third-order valence-corrected chi connectivity index (χ3v) is 2.05. The van der Waals surface area contributed by atoms with Gasteiger partial charge in [-0.3, -0.25) is 4.79 Å². The fraction of sp³-hybridized carbons (Fsp3) is 0.273. The maximum absolute atomic E-state index is 13.3. The molecule has 5 nitrogen and oxygen atoms in total. The van der Waals surface area contributed by atoms with Gasteiger partial charge in [-0.1, -0.05) is 6.07 Å². The minimum atomic E-state index is -1.26. The van der Waals surface area contributed by atoms with Crippen LogP contribution in [0.25, 0.3) is 0 Å². The summed E-state index contributed by atoms with van der Waals surface area (Å²) in [5.41, 5.74) is 0.473. The molecular formula is C11H12FNO4. The topological polar surface area (TPSA) is 75.6 Å². The number of Topliss-reactive ketones (excluding diaryl/α,β-unsaturated/α-hetero) is 1. The van der Waals surface area contributed by atoms with Crippen molar-refractivity contribution >= 4 is 11.9 Å². The predicted molar refractivity (Wildman–Crippen MR) is 57.7 cm³/mol. The van der Waals surface area contributed by atoms with Gasteiger partial charge in [0.25, 0.3) is 0 Å². The van der Waals surface area contributed by atoms with Crippen molar-refractivity contribution in [3.8, 4) is 5.75 Å². The van der Waals surface area contributed by atoms with Crippen LogP contribution in [0, 0.1) is 5.82 Å². The molecule has 0 saturated carbocycles. The van der Waals surface area contributed by atoms with Crippen molar-refractivity contribution in [2.24, 2.45) is 0 Å². The molecule has 0 aliphatic carbocycles. The Hall–Kier alpha value is -2.11. The van der Waals surface area contributed by atoms with Crippen LogP contribution in [0.15, 0.2) is 18.2 Å². The Bertz CT molecular complexity index is 433. The second-order valence-electron chi connectivity index (χ2n) is 3.34. The van der Waals surface area contributed by atoms with Crippen LogP contribution in [0.1, 0.15) is 5.56 Å². The number of carboxylic acid groups (broad SMARTS) is 1. The summed E-state index contributed by atoms with van der Waals surface area (Å²) in [6, 6.07) is 4.17. The Kier molecular flexibility index (Phi) is 4.45. The van der Waals surface area contributed by atoms with E-state index in [0.29, 0.717) is 5.56 Å². The number of carbonyl (C=O) groups is 2. The second kappa shape index (κ2) is 5.83. The fourth-order valence-electron chi connectivity index (χ4n) is 1.28. The molecule has 0 aliphatic rings. The highest BCUT2D eigenvalue weighted by Crippen LogP contribution is 2.17. The molecule has 0 atom stereocenters. The quantitative estimate of drug-likeness (QED) is 0.812. The molecule has 0 bridgehead atoms. The third-order valence-electron chi connectivity index (χ3n) is 2.05. The maximum atomic E-state index is 13.3. The molecule has 6 heteroatoms. The van der Waals surface area contributed by atoms with Crippen LogP contribution >= 0.6 is 0 Å². The van der Waals surface area contributed by atoms with Gasteiger partial charge >= 0.3 is 6.09 Å². The fourth-order valence-corrected chi connectivity index (χ4v) is 1.28. The molecule has 0 fully saturated rings. The number of hydrogen-bond acceptors (Lipinski definition) is 3. The van der Waals surface area contributed by atoms with Gasteiger partial charge < -0.3 is 15.2 Å². The molecule has 0 unspecified atom stereocenters. The molecule has 0 aliphatic heterocycles. The summed E-state index contributed by atoms with van der Waals surface area (Å²) >= 11 is 0. The monoisotopic (exact) mass is 241 g/mol. The highest BCUT2D eigenvalue weighted by Gasteiger charge is 2.08. The van der Waals surface area contributed by atoms with E-state index < -0.39 is 11.9 Å². The number of carbonyl (C=O) groups excluding carboxylic acids is 1. The van der Waals surface area contributed by atoms with Gasteiger partial charge in [0.15, 0.2) is 17.3 Å². The Morgan fingerprint density at radius 1 is 1.47 bits per heavy atom. The summed E-state index contributed by atoms with van der Waals surface area (Å²) in [6.45, 7) is -0.289. The van der Waals surface area contributed by atoms with E-state index in [2.05, 4.69) is 0 Å². The zero-order valence-electron chi connectivity index (χ0n) is 9.20. The molecule has 17 heavy (non-hydrogen) atoms. The van der Waals surface area contributed by atoms with Crippen LogP contribution in [-0.4, -0.2) is 30.6 Å². The normalized spacial score (nSPS) is 9.76. The molecule has 1 amide bonds. The van der Waals surface area contributed by atoms with Crippen LogP contribution in [0.5, 0.6) is 5.75 Å². The first-order chi connectivity index (χ1) is 8.02. The van der Waals surface area contributed by atoms with Crippen molar-refractivity contribution in [2.75, 3.05) is 13.7 Å². The first kappa shape index (κ1) is 13.0. The second-order valence-corrected chi connectivity index (χ2v) is 3.34. The van der Waals surface area contributed by atoms with Crippen LogP contribution in [0.3, 0.4) is 0 Å². The summed E-state index contributed by atoms with van der Waals surface area (Å²) in [5, 5.41) is 10.3. The summed E-state index contributed by atoms with van der Waals surface area (Å²) in [5.74, 6) is -0.786. The minimum absolute atomic E-state index is 0.0266. The zero-order chi connectivity index (χ0) is 12.8. The van der Waals surface area contributed by atoms with Crippen LogP contribution in [-0.2, 0) is 11.2 Å². The molecule has 1 rings (SSSR count). The molecule has 0 spiro atoms. The molecule has 1 aromatic rings. The molecule has 1 aromatic carbocycles. The van der Waals surface area contributed by atoms with Gasteiger partial charge in [-0.2, -0.15) is 0 Å². The lowest BCUT2D eigenvalue weighted by Crippen LogP contribution is -2.28. The molecule has 0 aromatic heterocycles. The van der Waals surface area contributed by atoms with Gasteiger partial charge in [-0.05, 0) is 17.7 Å². The number of ketones is 1. The average molecular weight is 241 g/mol. The lowest BCUT2D eigenvalue weighted by Gasteiger charge is -2.05. The maximum Gasteiger partial charge on any atom is 0.405 e. The van der Waals surface area contributed by atoms with E-state index >= 15 is 0 Å². The number of rotatable bonds is 5. The van der Waals surface area contributed by atoms with Crippen molar-refractivity contribution < 1.29 is 23.8 Å². The van der Waals surface area contributed by atoms with Crippen molar-refractivity contribution in [1.82, 2.24) is 5.32 Å². The minimum Gasteiger partial charge on any atom is -0.494 e. The smallest absolute Gasteiger partial charge is 0.405 e. The Morgan fingerprint density at radius 3 is 2.71 bits per heavy atom. The van der Waals surface area contributed by atoms with E-state index in [0.717, 1.165) is 0 Å². The van der Waals surface area contributed by atoms with Gasteiger partial charge in [-0.15, -0.1) is 0 Å². The van der Waals surface area contributed by atoms with Crippen LogP contribution in [0.2, 0.25) is 0 Å². The summed E-state index contributed by atoms with van der Waals surface area (Å²) in [7, 11) is 1.35. The van der Waals surface area contributed by atoms with E-state index in [-0.39, 0.29) is 24.5 Å². The standard InChI is InChI=1S/C11H12FNO4/c1-17-10-3-2-7(5-9(10)12)4-8(14)6-13-11(15)16/h2-3,5,13H,4,6H2,1H3,(H,15,16).